The molecule has 326 valence electrons. The molecule has 0 bridgehead atoms. The van der Waals surface area contributed by atoms with Gasteiger partial charge in [0.05, 0.1) is 31.2 Å². The van der Waals surface area contributed by atoms with Crippen molar-refractivity contribution in [2.75, 3.05) is 33.8 Å². The number of hydrogen-bond donors (Lipinski definition) is 1. The third-order valence-electron chi connectivity index (χ3n) is 12.5. The smallest absolute Gasteiger partial charge is 0.328 e. The number of carboxylic acid groups (broad SMARTS) is 1. The van der Waals surface area contributed by atoms with Crippen LogP contribution in [0.25, 0.3) is 20.9 Å². The van der Waals surface area contributed by atoms with E-state index in [9.17, 15) is 31.5 Å². The van der Waals surface area contributed by atoms with Gasteiger partial charge in [-0.3, -0.25) is 4.79 Å². The highest BCUT2D eigenvalue weighted by atomic mass is 35.5. The summed E-state index contributed by atoms with van der Waals surface area (Å²) >= 11 is 14.1. The molecule has 4 fully saturated rings. The molecule has 10 rings (SSSR count). The van der Waals surface area contributed by atoms with Crippen LogP contribution in [0.4, 0.5) is 0 Å². The molecule has 2 saturated carbocycles. The Kier molecular flexibility index (Phi) is 11.3. The first-order valence-electron chi connectivity index (χ1n) is 19.5. The van der Waals surface area contributed by atoms with E-state index >= 15 is 0 Å². The summed E-state index contributed by atoms with van der Waals surface area (Å²) < 4.78 is 73.6. The molecular formula is C45H38Cl2N2O10S4. The summed E-state index contributed by atoms with van der Waals surface area (Å²) in [6.45, 7) is -0.0913. The van der Waals surface area contributed by atoms with E-state index in [1.165, 1.54) is 17.5 Å². The standard InChI is InChI=1S/C23H20ClNO5S2.C22H18ClNO5S2/c1-29-21(26)23-13-22(23,17-5-3-2-4-6-17)14-30-15-25(23)32(27,28)20-12-11-19(31-20)16-7-9-18(24)10-8-16;23-17-8-6-15(7-9-17)18-10-11-19(30-18)31(27,28)24-14-29-13-21(12-22(21,24)20(25)26)16-4-2-1-3-5-16/h2-12H,13-15H2,1H3;1-11H,12-14H2,(H,25,26). The van der Waals surface area contributed by atoms with Crippen LogP contribution >= 0.6 is 45.9 Å². The van der Waals surface area contributed by atoms with E-state index in [1.54, 1.807) is 42.5 Å². The number of thiophene rings is 2. The van der Waals surface area contributed by atoms with Gasteiger partial charge in [0.25, 0.3) is 20.0 Å². The van der Waals surface area contributed by atoms with Gasteiger partial charge < -0.3 is 19.3 Å². The number of methoxy groups -OCH3 is 1. The van der Waals surface area contributed by atoms with Gasteiger partial charge in [0.15, 0.2) is 0 Å². The van der Waals surface area contributed by atoms with Crippen LogP contribution in [-0.2, 0) is 54.7 Å². The predicted octanol–water partition coefficient (Wildman–Crippen LogP) is 8.51. The maximum absolute atomic E-state index is 13.7. The van der Waals surface area contributed by atoms with Gasteiger partial charge in [-0.15, -0.1) is 22.7 Å². The Morgan fingerprint density at radius 3 is 1.41 bits per heavy atom. The first kappa shape index (κ1) is 43.8. The van der Waals surface area contributed by atoms with Crippen molar-refractivity contribution in [1.29, 1.82) is 0 Å². The van der Waals surface area contributed by atoms with Gasteiger partial charge in [-0.2, -0.15) is 8.61 Å². The molecule has 4 unspecified atom stereocenters. The molecule has 63 heavy (non-hydrogen) atoms. The molecule has 4 heterocycles. The van der Waals surface area contributed by atoms with E-state index in [0.717, 1.165) is 59.0 Å². The topological polar surface area (TPSA) is 157 Å². The van der Waals surface area contributed by atoms with E-state index < -0.39 is 53.9 Å². The highest BCUT2D eigenvalue weighted by Gasteiger charge is 2.81. The fourth-order valence-electron chi connectivity index (χ4n) is 9.12. The first-order chi connectivity index (χ1) is 30.2. The van der Waals surface area contributed by atoms with Crippen LogP contribution in [0.5, 0.6) is 0 Å². The number of hydrogen-bond acceptors (Lipinski definition) is 11. The highest BCUT2D eigenvalue weighted by Crippen LogP contribution is 2.66. The van der Waals surface area contributed by atoms with Crippen molar-refractivity contribution >= 4 is 77.9 Å². The Balaban J connectivity index is 0.000000160. The van der Waals surface area contributed by atoms with Crippen LogP contribution in [0.3, 0.4) is 0 Å². The van der Waals surface area contributed by atoms with Gasteiger partial charge in [-0.05, 0) is 83.6 Å². The second kappa shape index (κ2) is 16.2. The van der Waals surface area contributed by atoms with Crippen molar-refractivity contribution in [2.45, 2.75) is 43.2 Å². The number of carbonyl (C=O) groups excluding carboxylic acids is 1. The summed E-state index contributed by atoms with van der Waals surface area (Å²) in [6.07, 6.45) is 0.485. The van der Waals surface area contributed by atoms with Crippen LogP contribution in [0.1, 0.15) is 24.0 Å². The van der Waals surface area contributed by atoms with E-state index in [2.05, 4.69) is 0 Å². The maximum atomic E-state index is 13.7. The number of carbonyl (C=O) groups is 2. The zero-order valence-electron chi connectivity index (χ0n) is 33.3. The lowest BCUT2D eigenvalue weighted by Crippen LogP contribution is -2.57. The van der Waals surface area contributed by atoms with E-state index in [4.69, 9.17) is 37.4 Å². The average molecular weight is 966 g/mol. The van der Waals surface area contributed by atoms with E-state index in [0.29, 0.717) is 16.5 Å². The summed E-state index contributed by atoms with van der Waals surface area (Å²) in [5, 5.41) is 11.4. The van der Waals surface area contributed by atoms with Gasteiger partial charge in [0, 0.05) is 19.8 Å². The average Bonchev–Trinajstić information content (AvgIpc) is 4.00. The lowest BCUT2D eigenvalue weighted by atomic mass is 9.90. The quantitative estimate of drug-likeness (QED) is 0.132. The van der Waals surface area contributed by atoms with Gasteiger partial charge in [-0.1, -0.05) is 108 Å². The minimum absolute atomic E-state index is 0.0810. The Bertz CT molecular complexity index is 2930. The fraction of sp³-hybridized carbons (Fsp3) is 0.244. The molecule has 18 heteroatoms. The minimum atomic E-state index is -4.09. The summed E-state index contributed by atoms with van der Waals surface area (Å²) in [5.74, 6) is -1.72. The largest absolute Gasteiger partial charge is 0.480 e. The molecule has 6 aromatic rings. The fourth-order valence-corrected chi connectivity index (χ4v) is 15.6. The van der Waals surface area contributed by atoms with Crippen molar-refractivity contribution in [2.24, 2.45) is 0 Å². The Morgan fingerprint density at radius 2 is 1.00 bits per heavy atom. The zero-order valence-corrected chi connectivity index (χ0v) is 38.1. The molecule has 2 saturated heterocycles. The summed E-state index contributed by atoms with van der Waals surface area (Å²) in [4.78, 5) is 27.1. The molecule has 4 aliphatic rings. The van der Waals surface area contributed by atoms with Crippen molar-refractivity contribution in [1.82, 2.24) is 8.61 Å². The Morgan fingerprint density at radius 1 is 0.603 bits per heavy atom. The summed E-state index contributed by atoms with van der Waals surface area (Å²) in [5.41, 5.74) is -1.23. The van der Waals surface area contributed by atoms with Crippen LogP contribution in [0, 0.1) is 0 Å². The monoisotopic (exact) mass is 964 g/mol. The molecule has 2 aliphatic carbocycles. The lowest BCUT2D eigenvalue weighted by Gasteiger charge is -2.37. The van der Waals surface area contributed by atoms with Crippen LogP contribution in [-0.4, -0.2) is 87.4 Å². The number of nitrogens with zero attached hydrogens (tertiary/aromatic N) is 2. The third-order valence-corrected chi connectivity index (χ3v) is 19.9. The highest BCUT2D eigenvalue weighted by molar-refractivity contribution is 7.91. The van der Waals surface area contributed by atoms with Gasteiger partial charge in [0.1, 0.15) is 33.0 Å². The summed E-state index contributed by atoms with van der Waals surface area (Å²) in [7, 11) is -6.83. The molecule has 0 spiro atoms. The number of fused-ring (bicyclic) bond motifs is 2. The molecule has 2 aromatic heterocycles. The van der Waals surface area contributed by atoms with Crippen LogP contribution in [0.15, 0.2) is 142 Å². The van der Waals surface area contributed by atoms with Gasteiger partial charge >= 0.3 is 11.9 Å². The van der Waals surface area contributed by atoms with Crippen LogP contribution in [0.2, 0.25) is 10.0 Å². The lowest BCUT2D eigenvalue weighted by molar-refractivity contribution is -0.153. The Hall–Kier alpha value is -4.46. The number of rotatable bonds is 10. The Labute approximate surface area is 382 Å². The molecular weight excluding hydrogens is 928 g/mol. The normalized spacial score (nSPS) is 25.4. The first-order valence-corrected chi connectivity index (χ1v) is 24.8. The number of halogens is 2. The number of esters is 1. The molecule has 4 atom stereocenters. The molecule has 2 aliphatic heterocycles. The molecule has 12 nitrogen and oxygen atoms in total. The minimum Gasteiger partial charge on any atom is -0.480 e. The SMILES string of the molecule is COC(=O)C12CC1(c1ccccc1)COCN2S(=O)(=O)c1ccc(-c2ccc(Cl)cc2)s1.O=C(O)C12CC1(c1ccccc1)COCN2S(=O)(=O)c1ccc(-c2ccc(Cl)cc2)s1. The summed E-state index contributed by atoms with van der Waals surface area (Å²) in [6, 6.07) is 39.4. The zero-order chi connectivity index (χ0) is 44.4. The molecule has 0 amide bonds. The second-order valence-corrected chi connectivity index (χ2v) is 22.9. The predicted molar refractivity (Wildman–Crippen MR) is 240 cm³/mol. The molecule has 0 radical (unpaired) electrons. The molecule has 4 aromatic carbocycles. The van der Waals surface area contributed by atoms with Crippen molar-refractivity contribution in [3.63, 3.8) is 0 Å². The molecule has 1 N–H and O–H groups in total. The van der Waals surface area contributed by atoms with Crippen molar-refractivity contribution < 1.29 is 45.7 Å². The van der Waals surface area contributed by atoms with Gasteiger partial charge in [-0.25, -0.2) is 21.6 Å². The van der Waals surface area contributed by atoms with E-state index in [1.807, 2.05) is 84.9 Å². The number of sulfonamides is 2. The number of benzene rings is 4. The van der Waals surface area contributed by atoms with Crippen LogP contribution < -0.4 is 0 Å². The van der Waals surface area contributed by atoms with Gasteiger partial charge in [0.2, 0.25) is 0 Å². The number of carboxylic acids is 1. The number of ether oxygens (including phenoxy) is 3. The van der Waals surface area contributed by atoms with Crippen molar-refractivity contribution in [3.8, 4) is 20.9 Å². The van der Waals surface area contributed by atoms with Crippen molar-refractivity contribution in [3.05, 3.63) is 155 Å². The second-order valence-electron chi connectivity index (χ2n) is 15.7. The third kappa shape index (κ3) is 6.97. The number of aliphatic carboxylic acids is 1. The maximum Gasteiger partial charge on any atom is 0.328 e. The van der Waals surface area contributed by atoms with E-state index in [-0.39, 0.29) is 41.5 Å².